The minimum Gasteiger partial charge on any atom is -0.496 e. The Balaban J connectivity index is 1.61. The first kappa shape index (κ1) is 22.0. The molecule has 3 aromatic carbocycles. The van der Waals surface area contributed by atoms with Crippen LogP contribution in [0.2, 0.25) is 0 Å². The van der Waals surface area contributed by atoms with Crippen LogP contribution in [-0.2, 0) is 0 Å². The van der Waals surface area contributed by atoms with Crippen molar-refractivity contribution in [2.24, 2.45) is 0 Å². The molecule has 0 aliphatic carbocycles. The fourth-order valence-electron chi connectivity index (χ4n) is 5.01. The van der Waals surface area contributed by atoms with Gasteiger partial charge in [0.15, 0.2) is 17.6 Å². The van der Waals surface area contributed by atoms with Crippen LogP contribution in [0.1, 0.15) is 35.8 Å². The summed E-state index contributed by atoms with van der Waals surface area (Å²) in [5, 5.41) is 8.12. The lowest BCUT2D eigenvalue weighted by atomic mass is 9.84. The normalized spacial score (nSPS) is 17.8. The van der Waals surface area contributed by atoms with E-state index in [1.807, 2.05) is 72.3 Å². The summed E-state index contributed by atoms with van der Waals surface area (Å²) in [6.45, 7) is 2.50. The van der Waals surface area contributed by atoms with Gasteiger partial charge in [0.1, 0.15) is 23.9 Å². The van der Waals surface area contributed by atoms with Crippen molar-refractivity contribution in [3.63, 3.8) is 0 Å². The van der Waals surface area contributed by atoms with Crippen molar-refractivity contribution in [2.75, 3.05) is 26.1 Å². The number of ether oxygens (including phenoxy) is 4. The van der Waals surface area contributed by atoms with Gasteiger partial charge in [0.2, 0.25) is 5.95 Å². The topological polar surface area (TPSA) is 79.7 Å². The number of anilines is 1. The molecule has 0 spiro atoms. The molecule has 0 amide bonds. The van der Waals surface area contributed by atoms with Crippen LogP contribution in [0.15, 0.2) is 78.6 Å². The van der Waals surface area contributed by atoms with E-state index in [0.29, 0.717) is 24.1 Å². The number of hydrogen-bond acceptors (Lipinski definition) is 7. The molecular weight excluding hydrogens is 456 g/mol. The van der Waals surface area contributed by atoms with Crippen LogP contribution in [0.3, 0.4) is 0 Å². The number of fused-ring (bicyclic) bond motifs is 3. The van der Waals surface area contributed by atoms with Gasteiger partial charge in [0, 0.05) is 16.7 Å². The molecule has 0 saturated heterocycles. The monoisotopic (exact) mass is 482 g/mol. The van der Waals surface area contributed by atoms with Crippen LogP contribution >= 0.6 is 0 Å². The number of nitrogens with zero attached hydrogens (tertiary/aromatic N) is 3. The predicted molar refractivity (Wildman–Crippen MR) is 136 cm³/mol. The van der Waals surface area contributed by atoms with Crippen molar-refractivity contribution in [1.82, 2.24) is 14.8 Å². The van der Waals surface area contributed by atoms with E-state index in [0.717, 1.165) is 39.5 Å². The molecule has 1 N–H and O–H groups in total. The van der Waals surface area contributed by atoms with Crippen molar-refractivity contribution in [2.45, 2.75) is 19.1 Å². The second-order valence-electron chi connectivity index (χ2n) is 8.47. The fraction of sp³-hybridized carbons (Fsp3) is 0.214. The number of para-hydroxylation sites is 2. The molecule has 3 heterocycles. The Labute approximate surface area is 209 Å². The van der Waals surface area contributed by atoms with Gasteiger partial charge in [-0.2, -0.15) is 10.1 Å². The van der Waals surface area contributed by atoms with E-state index >= 15 is 0 Å². The van der Waals surface area contributed by atoms with Crippen molar-refractivity contribution in [3.05, 3.63) is 95.3 Å². The lowest BCUT2D eigenvalue weighted by molar-refractivity contribution is 0.217. The van der Waals surface area contributed by atoms with Crippen LogP contribution in [0, 0.1) is 0 Å². The molecule has 0 fully saturated rings. The molecule has 2 aliphatic rings. The van der Waals surface area contributed by atoms with Crippen LogP contribution in [0.5, 0.6) is 23.0 Å². The molecule has 0 saturated carbocycles. The van der Waals surface area contributed by atoms with Crippen molar-refractivity contribution in [3.8, 4) is 23.0 Å². The van der Waals surface area contributed by atoms with Gasteiger partial charge in [-0.1, -0.05) is 36.4 Å². The van der Waals surface area contributed by atoms with E-state index in [4.69, 9.17) is 18.9 Å². The van der Waals surface area contributed by atoms with E-state index in [2.05, 4.69) is 21.5 Å². The predicted octanol–water partition coefficient (Wildman–Crippen LogP) is 5.25. The number of hydrogen-bond donors (Lipinski definition) is 1. The minimum atomic E-state index is -0.432. The zero-order valence-electron chi connectivity index (χ0n) is 20.3. The van der Waals surface area contributed by atoms with Gasteiger partial charge in [0.05, 0.1) is 26.5 Å². The third kappa shape index (κ3) is 3.45. The van der Waals surface area contributed by atoms with Crippen molar-refractivity contribution in [1.29, 1.82) is 0 Å². The summed E-state index contributed by atoms with van der Waals surface area (Å²) in [5.74, 6) is 3.54. The second kappa shape index (κ2) is 8.96. The minimum absolute atomic E-state index is 0.313. The Hall–Kier alpha value is -4.46. The Kier molecular flexibility index (Phi) is 5.48. The molecule has 8 nitrogen and oxygen atoms in total. The summed E-state index contributed by atoms with van der Waals surface area (Å²) in [6, 6.07) is 21.6. The molecule has 6 rings (SSSR count). The molecule has 36 heavy (non-hydrogen) atoms. The molecular formula is C28H26N4O4. The average Bonchev–Trinajstić information content (AvgIpc) is 3.40. The summed E-state index contributed by atoms with van der Waals surface area (Å²) >= 11 is 0. The third-order valence-corrected chi connectivity index (χ3v) is 6.55. The average molecular weight is 483 g/mol. The molecule has 2 aliphatic heterocycles. The lowest BCUT2D eigenvalue weighted by Gasteiger charge is -2.39. The number of methoxy groups -OCH3 is 2. The number of aromatic nitrogens is 3. The Morgan fingerprint density at radius 2 is 1.75 bits per heavy atom. The van der Waals surface area contributed by atoms with Gasteiger partial charge in [-0.25, -0.2) is 4.68 Å². The van der Waals surface area contributed by atoms with Crippen molar-refractivity contribution < 1.29 is 18.9 Å². The van der Waals surface area contributed by atoms with Gasteiger partial charge < -0.3 is 24.3 Å². The molecule has 2 atom stereocenters. The van der Waals surface area contributed by atoms with Gasteiger partial charge >= 0.3 is 0 Å². The third-order valence-electron chi connectivity index (χ3n) is 6.55. The van der Waals surface area contributed by atoms with E-state index < -0.39 is 6.10 Å². The van der Waals surface area contributed by atoms with Crippen molar-refractivity contribution >= 4 is 11.6 Å². The number of nitrogens with one attached hydrogen (secondary N) is 1. The number of rotatable bonds is 6. The van der Waals surface area contributed by atoms with E-state index in [1.54, 1.807) is 20.5 Å². The largest absolute Gasteiger partial charge is 0.496 e. The van der Waals surface area contributed by atoms with Crippen LogP contribution < -0.4 is 24.3 Å². The second-order valence-corrected chi connectivity index (χ2v) is 8.47. The molecule has 1 aromatic heterocycles. The van der Waals surface area contributed by atoms with Crippen LogP contribution in [0.25, 0.3) is 5.70 Å². The lowest BCUT2D eigenvalue weighted by Crippen LogP contribution is -2.32. The maximum atomic E-state index is 6.70. The fourth-order valence-corrected chi connectivity index (χ4v) is 5.01. The highest BCUT2D eigenvalue weighted by Crippen LogP contribution is 2.52. The first-order valence-electron chi connectivity index (χ1n) is 11.8. The smallest absolute Gasteiger partial charge is 0.226 e. The maximum absolute atomic E-state index is 6.70. The summed E-state index contributed by atoms with van der Waals surface area (Å²) in [6.07, 6.45) is 1.13. The summed E-state index contributed by atoms with van der Waals surface area (Å²) in [5.41, 5.74) is 4.82. The van der Waals surface area contributed by atoms with E-state index in [1.165, 1.54) is 0 Å². The summed E-state index contributed by atoms with van der Waals surface area (Å²) < 4.78 is 25.8. The van der Waals surface area contributed by atoms with Crippen LogP contribution in [0.4, 0.5) is 5.95 Å². The van der Waals surface area contributed by atoms with Gasteiger partial charge in [-0.3, -0.25) is 0 Å². The summed E-state index contributed by atoms with van der Waals surface area (Å²) in [4.78, 5) is 4.50. The Morgan fingerprint density at radius 1 is 0.944 bits per heavy atom. The first-order valence-corrected chi connectivity index (χ1v) is 11.8. The van der Waals surface area contributed by atoms with Crippen LogP contribution in [-0.4, -0.2) is 35.6 Å². The van der Waals surface area contributed by atoms with Gasteiger partial charge in [0.25, 0.3) is 0 Å². The van der Waals surface area contributed by atoms with Gasteiger partial charge in [-0.05, 0) is 42.8 Å². The molecule has 4 aromatic rings. The highest BCUT2D eigenvalue weighted by molar-refractivity contribution is 5.85. The maximum Gasteiger partial charge on any atom is 0.226 e. The molecule has 0 bridgehead atoms. The summed E-state index contributed by atoms with van der Waals surface area (Å²) in [7, 11) is 3.32. The zero-order valence-corrected chi connectivity index (χ0v) is 20.3. The standard InChI is InChI=1S/C28H26N4O4/c1-4-35-22-14-13-17(15-23(22)34-3)26-24-25(31-28-29-16-30-32(26)28)18-9-5-8-12-21(18)36-27(24)19-10-6-7-11-20(19)33-2/h5-16,26-27H,4H2,1-3H3,(H,29,30,31)/t26-,27-/m0/s1. The number of benzene rings is 3. The highest BCUT2D eigenvalue weighted by atomic mass is 16.5. The molecule has 0 radical (unpaired) electrons. The molecule has 0 unspecified atom stereocenters. The van der Waals surface area contributed by atoms with E-state index in [9.17, 15) is 0 Å². The Morgan fingerprint density at radius 3 is 2.58 bits per heavy atom. The quantitative estimate of drug-likeness (QED) is 0.402. The molecule has 182 valence electrons. The molecule has 8 heteroatoms. The van der Waals surface area contributed by atoms with Gasteiger partial charge in [-0.15, -0.1) is 0 Å². The van der Waals surface area contributed by atoms with E-state index in [-0.39, 0.29) is 6.04 Å². The SMILES string of the molecule is CCOc1ccc([C@H]2C3=C(Nc4ncnn42)c2ccccc2O[C@H]3c2ccccc2OC)cc1OC. The highest BCUT2D eigenvalue weighted by Gasteiger charge is 2.42. The first-order chi connectivity index (χ1) is 17.7. The zero-order chi connectivity index (χ0) is 24.6. The Bertz CT molecular complexity index is 1460.